The summed E-state index contributed by atoms with van der Waals surface area (Å²) in [4.78, 5) is 0.309. The van der Waals surface area contributed by atoms with Crippen molar-refractivity contribution in [3.63, 3.8) is 0 Å². The van der Waals surface area contributed by atoms with Gasteiger partial charge in [-0.1, -0.05) is 51.8 Å². The maximum absolute atomic E-state index is 12.1. The van der Waals surface area contributed by atoms with Gasteiger partial charge in [0.1, 0.15) is 6.54 Å². The Bertz CT molecular complexity index is 715. The van der Waals surface area contributed by atoms with Gasteiger partial charge in [0.25, 0.3) is 0 Å². The number of aryl methyl sites for hydroxylation is 1. The quantitative estimate of drug-likeness (QED) is 0.716. The maximum atomic E-state index is 12.1. The number of nitrogens with two attached hydrogens (primary N) is 1. The average molecular weight is 384 g/mol. The third-order valence-corrected chi connectivity index (χ3v) is 5.54. The van der Waals surface area contributed by atoms with Crippen molar-refractivity contribution in [3.05, 3.63) is 64.1 Å². The molecule has 0 aliphatic heterocycles. The predicted octanol–water partition coefficient (Wildman–Crippen LogP) is 1.80. The zero-order chi connectivity index (χ0) is 16.0. The van der Waals surface area contributed by atoms with Crippen LogP contribution >= 0.6 is 15.9 Å². The largest absolute Gasteiger partial charge is 0.341 e. The first-order valence-corrected chi connectivity index (χ1v) is 9.38. The highest BCUT2D eigenvalue weighted by Gasteiger charge is 2.12. The SMILES string of the molecule is Cc1ccc(S(=O)(=O)NCC[NH2+]Cc2ccccc2Br)cc1. The van der Waals surface area contributed by atoms with Crippen molar-refractivity contribution in [1.82, 2.24) is 4.72 Å². The Kier molecular flexibility index (Phi) is 6.14. The molecule has 0 fully saturated rings. The fourth-order valence-electron chi connectivity index (χ4n) is 2.02. The Morgan fingerprint density at radius 3 is 2.45 bits per heavy atom. The van der Waals surface area contributed by atoms with Crippen LogP contribution in [-0.2, 0) is 16.6 Å². The summed E-state index contributed by atoms with van der Waals surface area (Å²) in [6.45, 7) is 3.83. The molecule has 4 nitrogen and oxygen atoms in total. The molecule has 0 atom stereocenters. The molecule has 118 valence electrons. The smallest absolute Gasteiger partial charge is 0.240 e. The van der Waals surface area contributed by atoms with E-state index < -0.39 is 10.0 Å². The van der Waals surface area contributed by atoms with Crippen LogP contribution in [0.5, 0.6) is 0 Å². The molecule has 0 aliphatic carbocycles. The van der Waals surface area contributed by atoms with Crippen LogP contribution in [0.2, 0.25) is 0 Å². The van der Waals surface area contributed by atoms with Crippen LogP contribution in [0.25, 0.3) is 0 Å². The molecule has 0 amide bonds. The summed E-state index contributed by atoms with van der Waals surface area (Å²) in [5.74, 6) is 0. The van der Waals surface area contributed by atoms with E-state index >= 15 is 0 Å². The first-order valence-electron chi connectivity index (χ1n) is 7.10. The summed E-state index contributed by atoms with van der Waals surface area (Å²) >= 11 is 3.50. The molecule has 0 bridgehead atoms. The molecule has 0 saturated carbocycles. The van der Waals surface area contributed by atoms with Crippen LogP contribution < -0.4 is 10.0 Å². The molecule has 0 aliphatic rings. The molecule has 2 aromatic carbocycles. The van der Waals surface area contributed by atoms with Crippen LogP contribution in [0.1, 0.15) is 11.1 Å². The number of rotatable bonds is 7. The van der Waals surface area contributed by atoms with Crippen LogP contribution in [-0.4, -0.2) is 21.5 Å². The molecule has 2 aromatic rings. The van der Waals surface area contributed by atoms with E-state index in [0.29, 0.717) is 18.0 Å². The zero-order valence-electron chi connectivity index (χ0n) is 12.4. The van der Waals surface area contributed by atoms with E-state index in [2.05, 4.69) is 32.0 Å². The lowest BCUT2D eigenvalue weighted by Crippen LogP contribution is -2.84. The first kappa shape index (κ1) is 17.1. The summed E-state index contributed by atoms with van der Waals surface area (Å²) in [6, 6.07) is 14.9. The van der Waals surface area contributed by atoms with E-state index in [1.807, 2.05) is 25.1 Å². The number of nitrogens with one attached hydrogen (secondary N) is 1. The van der Waals surface area contributed by atoms with Gasteiger partial charge in [-0.05, 0) is 25.1 Å². The normalized spacial score (nSPS) is 11.5. The van der Waals surface area contributed by atoms with E-state index in [4.69, 9.17) is 0 Å². The molecule has 0 radical (unpaired) electrons. The summed E-state index contributed by atoms with van der Waals surface area (Å²) in [5, 5.41) is 2.08. The van der Waals surface area contributed by atoms with Crippen molar-refractivity contribution in [2.75, 3.05) is 13.1 Å². The Hall–Kier alpha value is -1.21. The number of hydrogen-bond acceptors (Lipinski definition) is 2. The molecule has 6 heteroatoms. The Balaban J connectivity index is 1.79. The minimum Gasteiger partial charge on any atom is -0.341 e. The fourth-order valence-corrected chi connectivity index (χ4v) is 3.51. The number of hydrogen-bond donors (Lipinski definition) is 2. The highest BCUT2D eigenvalue weighted by molar-refractivity contribution is 9.10. The van der Waals surface area contributed by atoms with Crippen LogP contribution in [0.3, 0.4) is 0 Å². The van der Waals surface area contributed by atoms with Crippen molar-refractivity contribution in [2.45, 2.75) is 18.4 Å². The average Bonchev–Trinajstić information content (AvgIpc) is 2.49. The second kappa shape index (κ2) is 7.87. The highest BCUT2D eigenvalue weighted by Crippen LogP contribution is 2.14. The van der Waals surface area contributed by atoms with E-state index in [0.717, 1.165) is 16.6 Å². The van der Waals surface area contributed by atoms with Gasteiger partial charge < -0.3 is 5.32 Å². The lowest BCUT2D eigenvalue weighted by atomic mass is 10.2. The van der Waals surface area contributed by atoms with E-state index in [9.17, 15) is 8.42 Å². The van der Waals surface area contributed by atoms with Gasteiger partial charge in [-0.25, -0.2) is 13.1 Å². The monoisotopic (exact) mass is 383 g/mol. The second-order valence-corrected chi connectivity index (χ2v) is 7.71. The maximum Gasteiger partial charge on any atom is 0.240 e. The van der Waals surface area contributed by atoms with E-state index in [1.165, 1.54) is 5.56 Å². The molecule has 0 unspecified atom stereocenters. The van der Waals surface area contributed by atoms with Crippen LogP contribution in [0.15, 0.2) is 57.9 Å². The number of quaternary nitrogens is 1. The Labute approximate surface area is 140 Å². The molecule has 0 saturated heterocycles. The predicted molar refractivity (Wildman–Crippen MR) is 91.0 cm³/mol. The summed E-state index contributed by atoms with van der Waals surface area (Å²) in [5.41, 5.74) is 2.24. The zero-order valence-corrected chi connectivity index (χ0v) is 14.8. The van der Waals surface area contributed by atoms with Crippen molar-refractivity contribution < 1.29 is 13.7 Å². The van der Waals surface area contributed by atoms with Crippen LogP contribution in [0, 0.1) is 6.92 Å². The lowest BCUT2D eigenvalue weighted by molar-refractivity contribution is -0.668. The van der Waals surface area contributed by atoms with Crippen molar-refractivity contribution in [2.24, 2.45) is 0 Å². The van der Waals surface area contributed by atoms with Gasteiger partial charge in [0.15, 0.2) is 0 Å². The van der Waals surface area contributed by atoms with Gasteiger partial charge in [0.05, 0.1) is 18.0 Å². The fraction of sp³-hybridized carbons (Fsp3) is 0.250. The number of halogens is 1. The molecule has 0 heterocycles. The molecule has 22 heavy (non-hydrogen) atoms. The van der Waals surface area contributed by atoms with Gasteiger partial charge in [-0.3, -0.25) is 0 Å². The third-order valence-electron chi connectivity index (χ3n) is 3.29. The van der Waals surface area contributed by atoms with Crippen LogP contribution in [0.4, 0.5) is 0 Å². The molecule has 0 spiro atoms. The molecule has 3 N–H and O–H groups in total. The van der Waals surface area contributed by atoms with Crippen molar-refractivity contribution in [3.8, 4) is 0 Å². The van der Waals surface area contributed by atoms with Crippen molar-refractivity contribution >= 4 is 26.0 Å². The van der Waals surface area contributed by atoms with Gasteiger partial charge in [-0.2, -0.15) is 0 Å². The van der Waals surface area contributed by atoms with Gasteiger partial charge >= 0.3 is 0 Å². The number of sulfonamides is 1. The minimum atomic E-state index is -3.41. The lowest BCUT2D eigenvalue weighted by Gasteiger charge is -2.07. The third kappa shape index (κ3) is 4.91. The van der Waals surface area contributed by atoms with Gasteiger partial charge in [0, 0.05) is 10.0 Å². The Morgan fingerprint density at radius 1 is 1.09 bits per heavy atom. The summed E-state index contributed by atoms with van der Waals surface area (Å²) in [7, 11) is -3.41. The van der Waals surface area contributed by atoms with Crippen molar-refractivity contribution in [1.29, 1.82) is 0 Å². The van der Waals surface area contributed by atoms with E-state index in [1.54, 1.807) is 24.3 Å². The summed E-state index contributed by atoms with van der Waals surface area (Å²) < 4.78 is 27.9. The second-order valence-electron chi connectivity index (χ2n) is 5.08. The summed E-state index contributed by atoms with van der Waals surface area (Å²) in [6.07, 6.45) is 0. The topological polar surface area (TPSA) is 62.8 Å². The van der Waals surface area contributed by atoms with Gasteiger partial charge in [0.2, 0.25) is 10.0 Å². The van der Waals surface area contributed by atoms with Gasteiger partial charge in [-0.15, -0.1) is 0 Å². The highest BCUT2D eigenvalue weighted by atomic mass is 79.9. The molecular weight excluding hydrogens is 364 g/mol. The minimum absolute atomic E-state index is 0.309. The standard InChI is InChI=1S/C16H19BrN2O2S/c1-13-6-8-15(9-7-13)22(20,21)19-11-10-18-12-14-4-2-3-5-16(14)17/h2-9,18-19H,10-12H2,1H3/p+1. The number of benzene rings is 2. The van der Waals surface area contributed by atoms with E-state index in [-0.39, 0.29) is 0 Å². The molecule has 0 aromatic heterocycles. The molecule has 2 rings (SSSR count). The Morgan fingerprint density at radius 2 is 1.77 bits per heavy atom. The first-order chi connectivity index (χ1) is 10.5. The molecular formula is C16H20BrN2O2S+.